The van der Waals surface area contributed by atoms with Crippen molar-refractivity contribution in [1.82, 2.24) is 10.1 Å². The lowest BCUT2D eigenvalue weighted by Gasteiger charge is -2.34. The zero-order valence-corrected chi connectivity index (χ0v) is 13.0. The number of hydrogen-bond acceptors (Lipinski definition) is 5. The van der Waals surface area contributed by atoms with Crippen LogP contribution in [0, 0.1) is 0 Å². The maximum Gasteiger partial charge on any atom is 0.233 e. The third-order valence-electron chi connectivity index (χ3n) is 4.10. The molecule has 1 aliphatic rings. The van der Waals surface area contributed by atoms with Crippen molar-refractivity contribution in [2.24, 2.45) is 5.73 Å². The summed E-state index contributed by atoms with van der Waals surface area (Å²) in [4.78, 5) is 4.49. The van der Waals surface area contributed by atoms with Gasteiger partial charge in [-0.3, -0.25) is 0 Å². The number of methoxy groups -OCH3 is 1. The molecule has 1 atom stereocenters. The van der Waals surface area contributed by atoms with E-state index in [0.29, 0.717) is 11.7 Å². The molecule has 21 heavy (non-hydrogen) atoms. The van der Waals surface area contributed by atoms with E-state index in [0.717, 1.165) is 30.6 Å². The zero-order chi connectivity index (χ0) is 14.2. The number of nitrogens with zero attached hydrogens (tertiary/aromatic N) is 2. The first-order valence-corrected chi connectivity index (χ1v) is 6.89. The average Bonchev–Trinajstić information content (AvgIpc) is 2.94. The molecule has 2 aromatic rings. The van der Waals surface area contributed by atoms with E-state index < -0.39 is 0 Å². The van der Waals surface area contributed by atoms with Gasteiger partial charge in [0.15, 0.2) is 5.82 Å². The van der Waals surface area contributed by atoms with E-state index in [2.05, 4.69) is 10.1 Å². The SMILES string of the molecule is COc1cccc(C(C)c2nc(C3(N)CCC3)no2)c1.Cl. The summed E-state index contributed by atoms with van der Waals surface area (Å²) < 4.78 is 10.6. The predicted molar refractivity (Wildman–Crippen MR) is 81.8 cm³/mol. The van der Waals surface area contributed by atoms with E-state index in [4.69, 9.17) is 15.0 Å². The van der Waals surface area contributed by atoms with Crippen molar-refractivity contribution < 1.29 is 9.26 Å². The largest absolute Gasteiger partial charge is 0.497 e. The molecule has 1 aromatic carbocycles. The van der Waals surface area contributed by atoms with E-state index in [1.165, 1.54) is 0 Å². The molecule has 114 valence electrons. The molecule has 1 fully saturated rings. The molecule has 0 spiro atoms. The van der Waals surface area contributed by atoms with Gasteiger partial charge in [0.2, 0.25) is 5.89 Å². The summed E-state index contributed by atoms with van der Waals surface area (Å²) >= 11 is 0. The molecule has 1 unspecified atom stereocenters. The second-order valence-corrected chi connectivity index (χ2v) is 5.46. The molecule has 0 saturated heterocycles. The van der Waals surface area contributed by atoms with Crippen LogP contribution >= 0.6 is 12.4 Å². The lowest BCUT2D eigenvalue weighted by atomic mass is 9.77. The van der Waals surface area contributed by atoms with Crippen molar-refractivity contribution in [2.75, 3.05) is 7.11 Å². The van der Waals surface area contributed by atoms with Crippen LogP contribution in [-0.2, 0) is 5.54 Å². The highest BCUT2D eigenvalue weighted by molar-refractivity contribution is 5.85. The molecule has 6 heteroatoms. The van der Waals surface area contributed by atoms with Crippen molar-refractivity contribution in [1.29, 1.82) is 0 Å². The Labute approximate surface area is 130 Å². The molecule has 5 nitrogen and oxygen atoms in total. The smallest absolute Gasteiger partial charge is 0.233 e. The Kier molecular flexibility index (Phi) is 4.54. The Morgan fingerprint density at radius 3 is 2.76 bits per heavy atom. The number of aromatic nitrogens is 2. The minimum atomic E-state index is -0.379. The van der Waals surface area contributed by atoms with E-state index in [9.17, 15) is 0 Å². The predicted octanol–water partition coefficient (Wildman–Crippen LogP) is 2.99. The number of ether oxygens (including phenoxy) is 1. The lowest BCUT2D eigenvalue weighted by molar-refractivity contribution is 0.228. The molecular weight excluding hydrogens is 290 g/mol. The lowest BCUT2D eigenvalue weighted by Crippen LogP contribution is -2.44. The fourth-order valence-electron chi connectivity index (χ4n) is 2.45. The van der Waals surface area contributed by atoms with E-state index in [1.807, 2.05) is 31.2 Å². The highest BCUT2D eigenvalue weighted by Gasteiger charge is 2.39. The van der Waals surface area contributed by atoms with E-state index in [-0.39, 0.29) is 23.9 Å². The van der Waals surface area contributed by atoms with Crippen LogP contribution in [0.1, 0.15) is 49.4 Å². The van der Waals surface area contributed by atoms with Gasteiger partial charge in [0.1, 0.15) is 5.75 Å². The highest BCUT2D eigenvalue weighted by Crippen LogP contribution is 2.37. The van der Waals surface area contributed by atoms with Gasteiger partial charge in [0, 0.05) is 0 Å². The number of benzene rings is 1. The Bertz CT molecular complexity index is 610. The molecular formula is C15H20ClN3O2. The van der Waals surface area contributed by atoms with Crippen molar-refractivity contribution in [3.05, 3.63) is 41.5 Å². The van der Waals surface area contributed by atoms with Crippen LogP contribution in [0.3, 0.4) is 0 Å². The average molecular weight is 310 g/mol. The third kappa shape index (κ3) is 2.89. The maximum absolute atomic E-state index is 6.22. The Balaban J connectivity index is 0.00000161. The number of halogens is 1. The first-order valence-electron chi connectivity index (χ1n) is 6.89. The molecule has 1 heterocycles. The summed E-state index contributed by atoms with van der Waals surface area (Å²) in [5.41, 5.74) is 6.92. The Morgan fingerprint density at radius 1 is 1.38 bits per heavy atom. The van der Waals surface area contributed by atoms with Crippen molar-refractivity contribution >= 4 is 12.4 Å². The van der Waals surface area contributed by atoms with E-state index >= 15 is 0 Å². The summed E-state index contributed by atoms with van der Waals surface area (Å²) in [6, 6.07) is 7.88. The van der Waals surface area contributed by atoms with Gasteiger partial charge in [0.05, 0.1) is 18.6 Å². The van der Waals surface area contributed by atoms with Crippen molar-refractivity contribution in [2.45, 2.75) is 37.6 Å². The van der Waals surface area contributed by atoms with Crippen LogP contribution in [0.5, 0.6) is 5.75 Å². The molecule has 3 rings (SSSR count). The fraction of sp³-hybridized carbons (Fsp3) is 0.467. The number of hydrogen-bond donors (Lipinski definition) is 1. The number of rotatable bonds is 4. The second-order valence-electron chi connectivity index (χ2n) is 5.46. The normalized spacial score (nSPS) is 17.5. The molecule has 2 N–H and O–H groups in total. The summed E-state index contributed by atoms with van der Waals surface area (Å²) in [6.07, 6.45) is 2.99. The van der Waals surface area contributed by atoms with Gasteiger partial charge >= 0.3 is 0 Å². The molecule has 1 aromatic heterocycles. The molecule has 0 aliphatic heterocycles. The molecule has 0 radical (unpaired) electrons. The van der Waals surface area contributed by atoms with Gasteiger partial charge in [-0.05, 0) is 43.9 Å². The molecule has 1 aliphatic carbocycles. The Hall–Kier alpha value is -1.59. The van der Waals surface area contributed by atoms with Crippen molar-refractivity contribution in [3.63, 3.8) is 0 Å². The van der Waals surface area contributed by atoms with Gasteiger partial charge in [-0.1, -0.05) is 17.3 Å². The highest BCUT2D eigenvalue weighted by atomic mass is 35.5. The maximum atomic E-state index is 6.22. The summed E-state index contributed by atoms with van der Waals surface area (Å²) in [6.45, 7) is 2.04. The van der Waals surface area contributed by atoms with Gasteiger partial charge in [-0.15, -0.1) is 12.4 Å². The van der Waals surface area contributed by atoms with Crippen LogP contribution < -0.4 is 10.5 Å². The van der Waals surface area contributed by atoms with Gasteiger partial charge in [-0.2, -0.15) is 4.98 Å². The Morgan fingerprint density at radius 2 is 2.14 bits per heavy atom. The van der Waals surface area contributed by atoms with Gasteiger partial charge in [-0.25, -0.2) is 0 Å². The second kappa shape index (κ2) is 6.03. The monoisotopic (exact) mass is 309 g/mol. The standard InChI is InChI=1S/C15H19N3O2.ClH/c1-10(11-5-3-6-12(9-11)19-2)13-17-14(18-20-13)15(16)7-4-8-15;/h3,5-6,9-10H,4,7-8,16H2,1-2H3;1H. The summed E-state index contributed by atoms with van der Waals surface area (Å²) in [7, 11) is 1.66. The zero-order valence-electron chi connectivity index (χ0n) is 12.2. The fourth-order valence-corrected chi connectivity index (χ4v) is 2.45. The minimum Gasteiger partial charge on any atom is -0.497 e. The summed E-state index contributed by atoms with van der Waals surface area (Å²) in [5, 5.41) is 4.06. The van der Waals surface area contributed by atoms with E-state index in [1.54, 1.807) is 7.11 Å². The van der Waals surface area contributed by atoms with Crippen LogP contribution in [0.15, 0.2) is 28.8 Å². The van der Waals surface area contributed by atoms with Crippen molar-refractivity contribution in [3.8, 4) is 5.75 Å². The van der Waals surface area contributed by atoms with Crippen LogP contribution in [0.4, 0.5) is 0 Å². The molecule has 0 amide bonds. The van der Waals surface area contributed by atoms with Gasteiger partial charge < -0.3 is 15.0 Å². The van der Waals surface area contributed by atoms with Crippen LogP contribution in [-0.4, -0.2) is 17.3 Å². The molecule has 1 saturated carbocycles. The third-order valence-corrected chi connectivity index (χ3v) is 4.10. The first-order chi connectivity index (χ1) is 9.62. The first kappa shape index (κ1) is 15.8. The van der Waals surface area contributed by atoms with Crippen LogP contribution in [0.2, 0.25) is 0 Å². The number of nitrogens with two attached hydrogens (primary N) is 1. The molecule has 0 bridgehead atoms. The minimum absolute atomic E-state index is 0. The van der Waals surface area contributed by atoms with Crippen LogP contribution in [0.25, 0.3) is 0 Å². The topological polar surface area (TPSA) is 74.2 Å². The van der Waals surface area contributed by atoms with Gasteiger partial charge in [0.25, 0.3) is 0 Å². The summed E-state index contributed by atoms with van der Waals surface area (Å²) in [5.74, 6) is 2.08. The quantitative estimate of drug-likeness (QED) is 0.939.